The maximum atomic E-state index is 10.9. The summed E-state index contributed by atoms with van der Waals surface area (Å²) in [5.41, 5.74) is 2.47. The smallest absolute Gasteiger partial charge is 0.305 e. The van der Waals surface area contributed by atoms with E-state index in [4.69, 9.17) is 5.11 Å². The number of thiazole rings is 1. The largest absolute Gasteiger partial charge is 0.481 e. The van der Waals surface area contributed by atoms with E-state index < -0.39 is 5.97 Å². The van der Waals surface area contributed by atoms with Gasteiger partial charge in [-0.1, -0.05) is 13.8 Å². The van der Waals surface area contributed by atoms with Gasteiger partial charge in [0.25, 0.3) is 0 Å². The molecule has 0 aliphatic carbocycles. The maximum absolute atomic E-state index is 10.9. The van der Waals surface area contributed by atoms with Crippen LogP contribution in [0.4, 0.5) is 5.95 Å². The Hall–Kier alpha value is -1.76. The average Bonchev–Trinajstić information content (AvgIpc) is 2.74. The number of nitrogens with zero attached hydrogens (tertiary/aromatic N) is 3. The van der Waals surface area contributed by atoms with Crippen LogP contribution in [0.1, 0.15) is 26.7 Å². The highest BCUT2D eigenvalue weighted by Gasteiger charge is 2.16. The molecule has 2 heterocycles. The molecule has 1 atom stereocenters. The van der Waals surface area contributed by atoms with Gasteiger partial charge >= 0.3 is 5.97 Å². The molecule has 2 aromatic rings. The topological polar surface area (TPSA) is 88.0 Å². The normalized spacial score (nSPS) is 12.8. The number of hydrogen-bond donors (Lipinski definition) is 2. The van der Waals surface area contributed by atoms with Crippen molar-refractivity contribution < 1.29 is 9.90 Å². The first-order chi connectivity index (χ1) is 9.04. The van der Waals surface area contributed by atoms with Gasteiger partial charge in [0.2, 0.25) is 5.95 Å². The molecule has 102 valence electrons. The van der Waals surface area contributed by atoms with E-state index in [9.17, 15) is 4.79 Å². The molecule has 0 saturated heterocycles. The third-order valence-electron chi connectivity index (χ3n) is 2.60. The number of aliphatic carboxylic acids is 1. The van der Waals surface area contributed by atoms with Crippen LogP contribution in [0, 0.1) is 5.92 Å². The minimum absolute atomic E-state index is 0.0578. The first-order valence-electron chi connectivity index (χ1n) is 6.09. The lowest BCUT2D eigenvalue weighted by atomic mass is 10.0. The van der Waals surface area contributed by atoms with E-state index in [-0.39, 0.29) is 12.5 Å². The molecular formula is C12H16N4O2S. The summed E-state index contributed by atoms with van der Waals surface area (Å²) < 4.78 is 0. The van der Waals surface area contributed by atoms with Crippen LogP contribution >= 0.6 is 11.3 Å². The summed E-state index contributed by atoms with van der Waals surface area (Å²) >= 11 is 1.44. The molecule has 7 heteroatoms. The summed E-state index contributed by atoms with van der Waals surface area (Å²) in [5.74, 6) is 0.0460. The summed E-state index contributed by atoms with van der Waals surface area (Å²) in [7, 11) is 0. The summed E-state index contributed by atoms with van der Waals surface area (Å²) in [6, 6.07) is -0.164. The monoisotopic (exact) mass is 280 g/mol. The van der Waals surface area contributed by atoms with Crippen molar-refractivity contribution in [3.05, 3.63) is 11.7 Å². The number of nitrogens with one attached hydrogen (secondary N) is 1. The second-order valence-electron chi connectivity index (χ2n) is 4.81. The lowest BCUT2D eigenvalue weighted by Gasteiger charge is -2.18. The van der Waals surface area contributed by atoms with Crippen LogP contribution < -0.4 is 5.32 Å². The molecule has 0 radical (unpaired) electrons. The van der Waals surface area contributed by atoms with Crippen LogP contribution in [0.2, 0.25) is 0 Å². The molecule has 0 spiro atoms. The molecule has 0 amide bonds. The fraction of sp³-hybridized carbons (Fsp3) is 0.500. The first kappa shape index (κ1) is 13.7. The number of aromatic nitrogens is 3. The van der Waals surface area contributed by atoms with Gasteiger partial charge in [0.05, 0.1) is 18.1 Å². The molecule has 0 unspecified atom stereocenters. The number of anilines is 1. The van der Waals surface area contributed by atoms with Gasteiger partial charge in [-0.15, -0.1) is 11.3 Å². The van der Waals surface area contributed by atoms with Crippen molar-refractivity contribution in [3.8, 4) is 0 Å². The highest BCUT2D eigenvalue weighted by atomic mass is 32.1. The zero-order valence-electron chi connectivity index (χ0n) is 10.8. The van der Waals surface area contributed by atoms with Crippen LogP contribution in [-0.4, -0.2) is 32.1 Å². The summed E-state index contributed by atoms with van der Waals surface area (Å²) in [6.45, 7) is 4.12. The number of hydrogen-bond acceptors (Lipinski definition) is 6. The molecular weight excluding hydrogens is 264 g/mol. The van der Waals surface area contributed by atoms with Crippen molar-refractivity contribution in [3.63, 3.8) is 0 Å². The lowest BCUT2D eigenvalue weighted by molar-refractivity contribution is -0.137. The van der Waals surface area contributed by atoms with E-state index >= 15 is 0 Å². The Balaban J connectivity index is 2.12. The molecule has 0 bridgehead atoms. The first-order valence-corrected chi connectivity index (χ1v) is 6.97. The Morgan fingerprint density at radius 1 is 1.47 bits per heavy atom. The molecule has 0 aliphatic heterocycles. The number of carboxylic acid groups (broad SMARTS) is 1. The van der Waals surface area contributed by atoms with Crippen molar-refractivity contribution in [1.82, 2.24) is 15.0 Å². The van der Waals surface area contributed by atoms with E-state index in [1.54, 1.807) is 11.7 Å². The molecule has 19 heavy (non-hydrogen) atoms. The molecule has 0 saturated carbocycles. The molecule has 6 nitrogen and oxygen atoms in total. The second-order valence-corrected chi connectivity index (χ2v) is 5.64. The number of carboxylic acids is 1. The Labute approximate surface area is 114 Å². The fourth-order valence-electron chi connectivity index (χ4n) is 1.89. The van der Waals surface area contributed by atoms with E-state index in [1.807, 2.05) is 0 Å². The summed E-state index contributed by atoms with van der Waals surface area (Å²) in [6.07, 6.45) is 2.47. The quantitative estimate of drug-likeness (QED) is 0.844. The second kappa shape index (κ2) is 5.92. The van der Waals surface area contributed by atoms with Gasteiger partial charge < -0.3 is 10.4 Å². The van der Waals surface area contributed by atoms with Crippen LogP contribution in [0.5, 0.6) is 0 Å². The number of rotatable bonds is 6. The Bertz CT molecular complexity index is 570. The van der Waals surface area contributed by atoms with E-state index in [0.717, 1.165) is 16.8 Å². The van der Waals surface area contributed by atoms with Crippen molar-refractivity contribution in [2.24, 2.45) is 5.92 Å². The highest BCUT2D eigenvalue weighted by Crippen LogP contribution is 2.17. The molecule has 2 aromatic heterocycles. The molecule has 0 aromatic carbocycles. The number of carbonyl (C=O) groups is 1. The van der Waals surface area contributed by atoms with Gasteiger partial charge in [-0.3, -0.25) is 4.79 Å². The number of fused-ring (bicyclic) bond motifs is 1. The van der Waals surface area contributed by atoms with Crippen LogP contribution in [-0.2, 0) is 4.79 Å². The maximum Gasteiger partial charge on any atom is 0.305 e. The van der Waals surface area contributed by atoms with Crippen LogP contribution in [0.15, 0.2) is 11.7 Å². The Morgan fingerprint density at radius 2 is 2.26 bits per heavy atom. The summed E-state index contributed by atoms with van der Waals surface area (Å²) in [5, 5.41) is 12.0. The third kappa shape index (κ3) is 3.85. The van der Waals surface area contributed by atoms with E-state index in [1.165, 1.54) is 11.3 Å². The lowest BCUT2D eigenvalue weighted by Crippen LogP contribution is -2.26. The standard InChI is InChI=1S/C12H16N4O2S/c1-7(2)3-8(4-10(17)18)15-12-13-5-9-11(16-12)19-6-14-9/h5-8H,3-4H2,1-2H3,(H,17,18)(H,13,15,16)/t8-/m1/s1. The van der Waals surface area contributed by atoms with Gasteiger partial charge in [-0.05, 0) is 12.3 Å². The summed E-state index contributed by atoms with van der Waals surface area (Å²) in [4.78, 5) is 24.3. The molecule has 2 N–H and O–H groups in total. The predicted octanol–water partition coefficient (Wildman–Crippen LogP) is 2.39. The van der Waals surface area contributed by atoms with Crippen molar-refractivity contribution in [2.75, 3.05) is 5.32 Å². The van der Waals surface area contributed by atoms with Crippen LogP contribution in [0.3, 0.4) is 0 Å². The average molecular weight is 280 g/mol. The molecule has 0 aliphatic rings. The van der Waals surface area contributed by atoms with Gasteiger partial charge in [0.1, 0.15) is 10.3 Å². The van der Waals surface area contributed by atoms with E-state index in [2.05, 4.69) is 34.1 Å². The van der Waals surface area contributed by atoms with Crippen LogP contribution in [0.25, 0.3) is 10.3 Å². The highest BCUT2D eigenvalue weighted by molar-refractivity contribution is 7.16. The fourth-order valence-corrected chi connectivity index (χ4v) is 2.52. The van der Waals surface area contributed by atoms with Gasteiger partial charge in [-0.25, -0.2) is 15.0 Å². The van der Waals surface area contributed by atoms with Gasteiger partial charge in [-0.2, -0.15) is 0 Å². The van der Waals surface area contributed by atoms with Crippen molar-refractivity contribution >= 4 is 33.6 Å². The zero-order valence-corrected chi connectivity index (χ0v) is 11.6. The minimum atomic E-state index is -0.822. The van der Waals surface area contributed by atoms with E-state index in [0.29, 0.717) is 11.9 Å². The third-order valence-corrected chi connectivity index (χ3v) is 3.34. The predicted molar refractivity (Wildman–Crippen MR) is 74.3 cm³/mol. The Morgan fingerprint density at radius 3 is 2.95 bits per heavy atom. The van der Waals surface area contributed by atoms with Crippen molar-refractivity contribution in [2.45, 2.75) is 32.7 Å². The molecule has 2 rings (SSSR count). The minimum Gasteiger partial charge on any atom is -0.481 e. The zero-order chi connectivity index (χ0) is 13.8. The van der Waals surface area contributed by atoms with Gasteiger partial charge in [0, 0.05) is 6.04 Å². The SMILES string of the molecule is CC(C)C[C@H](CC(=O)O)Nc1ncc2ncsc2n1. The molecule has 0 fully saturated rings. The van der Waals surface area contributed by atoms with Gasteiger partial charge in [0.15, 0.2) is 0 Å². The Kier molecular flexibility index (Phi) is 4.26. The van der Waals surface area contributed by atoms with Crippen molar-refractivity contribution in [1.29, 1.82) is 0 Å².